The molecule has 0 atom stereocenters. The predicted molar refractivity (Wildman–Crippen MR) is 91.8 cm³/mol. The summed E-state index contributed by atoms with van der Waals surface area (Å²) in [6.45, 7) is 0.177. The second-order valence-electron chi connectivity index (χ2n) is 4.58. The molecule has 2 aromatic rings. The number of methoxy groups -OCH3 is 1. The van der Waals surface area contributed by atoms with E-state index in [0.29, 0.717) is 10.0 Å². The van der Waals surface area contributed by atoms with E-state index in [9.17, 15) is 4.79 Å². The normalized spacial score (nSPS) is 10.6. The van der Waals surface area contributed by atoms with Crippen molar-refractivity contribution in [3.8, 4) is 5.75 Å². The number of hydrogen-bond donors (Lipinski definition) is 1. The van der Waals surface area contributed by atoms with Crippen LogP contribution in [0.5, 0.6) is 5.75 Å². The number of benzene rings is 2. The first-order valence-electron chi connectivity index (χ1n) is 6.76. The van der Waals surface area contributed by atoms with E-state index in [1.165, 1.54) is 6.20 Å². The van der Waals surface area contributed by atoms with Gasteiger partial charge in [-0.05, 0) is 41.5 Å². The Morgan fingerprint density at radius 3 is 2.52 bits per heavy atom. The van der Waals surface area contributed by atoms with Crippen LogP contribution in [0, 0.1) is 0 Å². The topological polar surface area (TPSA) is 47.6 Å². The van der Waals surface area contributed by atoms with Crippen molar-refractivity contribution in [3.63, 3.8) is 0 Å². The highest BCUT2D eigenvalue weighted by Gasteiger charge is 2.01. The van der Waals surface area contributed by atoms with Gasteiger partial charge in [-0.2, -0.15) is 0 Å². The van der Waals surface area contributed by atoms with Crippen LogP contribution in [0.4, 0.5) is 4.79 Å². The quantitative estimate of drug-likeness (QED) is 0.833. The molecule has 23 heavy (non-hydrogen) atoms. The van der Waals surface area contributed by atoms with Crippen molar-refractivity contribution in [1.29, 1.82) is 0 Å². The van der Waals surface area contributed by atoms with Crippen molar-refractivity contribution in [2.45, 2.75) is 6.61 Å². The molecule has 0 fully saturated rings. The summed E-state index contributed by atoms with van der Waals surface area (Å²) < 4.78 is 10.2. The maximum absolute atomic E-state index is 11.6. The SMILES string of the molecule is COc1ccc(COC(=O)NC=Cc2ccc(Cl)c(Cl)c2)cc1. The molecule has 0 unspecified atom stereocenters. The number of carbonyl (C=O) groups is 1. The van der Waals surface area contributed by atoms with Crippen LogP contribution in [0.2, 0.25) is 10.0 Å². The number of alkyl carbamates (subject to hydrolysis) is 1. The first-order valence-corrected chi connectivity index (χ1v) is 7.52. The Morgan fingerprint density at radius 1 is 1.13 bits per heavy atom. The zero-order chi connectivity index (χ0) is 16.7. The molecule has 0 saturated heterocycles. The Kier molecular flexibility index (Phi) is 6.32. The molecule has 6 heteroatoms. The smallest absolute Gasteiger partial charge is 0.411 e. The molecule has 2 rings (SSSR count). The minimum absolute atomic E-state index is 0.177. The third-order valence-corrected chi connectivity index (χ3v) is 3.69. The highest BCUT2D eigenvalue weighted by atomic mass is 35.5. The van der Waals surface area contributed by atoms with Gasteiger partial charge in [0.15, 0.2) is 0 Å². The maximum atomic E-state index is 11.6. The Bertz CT molecular complexity index is 699. The second-order valence-corrected chi connectivity index (χ2v) is 5.39. The van der Waals surface area contributed by atoms with Crippen molar-refractivity contribution in [1.82, 2.24) is 5.32 Å². The van der Waals surface area contributed by atoms with Crippen LogP contribution >= 0.6 is 23.2 Å². The number of rotatable bonds is 5. The molecular formula is C17H15Cl2NO3. The van der Waals surface area contributed by atoms with Gasteiger partial charge in [0.2, 0.25) is 0 Å². The van der Waals surface area contributed by atoms with E-state index in [4.69, 9.17) is 32.7 Å². The summed E-state index contributed by atoms with van der Waals surface area (Å²) in [6, 6.07) is 12.4. The van der Waals surface area contributed by atoms with Gasteiger partial charge in [0.25, 0.3) is 0 Å². The summed E-state index contributed by atoms with van der Waals surface area (Å²) in [4.78, 5) is 11.6. The van der Waals surface area contributed by atoms with Gasteiger partial charge in [-0.3, -0.25) is 5.32 Å². The third kappa shape index (κ3) is 5.51. The lowest BCUT2D eigenvalue weighted by molar-refractivity contribution is 0.143. The van der Waals surface area contributed by atoms with Crippen molar-refractivity contribution >= 4 is 35.4 Å². The molecule has 2 aromatic carbocycles. The fourth-order valence-electron chi connectivity index (χ4n) is 1.73. The van der Waals surface area contributed by atoms with Gasteiger partial charge in [-0.15, -0.1) is 0 Å². The van der Waals surface area contributed by atoms with Crippen molar-refractivity contribution in [3.05, 3.63) is 69.8 Å². The molecule has 0 saturated carbocycles. The van der Waals surface area contributed by atoms with Gasteiger partial charge in [-0.1, -0.05) is 41.4 Å². The molecule has 0 radical (unpaired) electrons. The minimum atomic E-state index is -0.544. The van der Waals surface area contributed by atoms with Crippen molar-refractivity contribution < 1.29 is 14.3 Å². The maximum Gasteiger partial charge on any atom is 0.411 e. The van der Waals surface area contributed by atoms with Gasteiger partial charge in [0.05, 0.1) is 17.2 Å². The van der Waals surface area contributed by atoms with Gasteiger partial charge >= 0.3 is 6.09 Å². The number of carbonyl (C=O) groups excluding carboxylic acids is 1. The molecule has 0 aliphatic carbocycles. The lowest BCUT2D eigenvalue weighted by atomic mass is 10.2. The Labute approximate surface area is 144 Å². The summed E-state index contributed by atoms with van der Waals surface area (Å²) in [5.74, 6) is 0.753. The third-order valence-electron chi connectivity index (χ3n) is 2.95. The highest BCUT2D eigenvalue weighted by Crippen LogP contribution is 2.22. The van der Waals surface area contributed by atoms with Gasteiger partial charge in [0.1, 0.15) is 12.4 Å². The zero-order valence-corrected chi connectivity index (χ0v) is 13.9. The molecule has 4 nitrogen and oxygen atoms in total. The van der Waals surface area contributed by atoms with Gasteiger partial charge in [0, 0.05) is 6.20 Å². The average molecular weight is 352 g/mol. The molecule has 0 aliphatic heterocycles. The van der Waals surface area contributed by atoms with E-state index < -0.39 is 6.09 Å². The van der Waals surface area contributed by atoms with E-state index in [2.05, 4.69) is 5.32 Å². The van der Waals surface area contributed by atoms with E-state index >= 15 is 0 Å². The summed E-state index contributed by atoms with van der Waals surface area (Å²) in [7, 11) is 1.60. The van der Waals surface area contributed by atoms with Crippen LogP contribution in [0.3, 0.4) is 0 Å². The molecular weight excluding hydrogens is 337 g/mol. The lowest BCUT2D eigenvalue weighted by Crippen LogP contribution is -2.18. The largest absolute Gasteiger partial charge is 0.497 e. The van der Waals surface area contributed by atoms with E-state index in [0.717, 1.165) is 16.9 Å². The van der Waals surface area contributed by atoms with Crippen LogP contribution in [0.25, 0.3) is 6.08 Å². The fraction of sp³-hybridized carbons (Fsp3) is 0.118. The molecule has 0 bridgehead atoms. The Balaban J connectivity index is 1.79. The van der Waals surface area contributed by atoms with Crippen LogP contribution in [-0.2, 0) is 11.3 Å². The second kappa shape index (κ2) is 8.46. The number of nitrogens with one attached hydrogen (secondary N) is 1. The molecule has 0 spiro atoms. The molecule has 120 valence electrons. The Hall–Kier alpha value is -2.17. The van der Waals surface area contributed by atoms with Crippen LogP contribution in [0.1, 0.15) is 11.1 Å². The summed E-state index contributed by atoms with van der Waals surface area (Å²) in [6.07, 6.45) is 2.63. The molecule has 0 heterocycles. The highest BCUT2D eigenvalue weighted by molar-refractivity contribution is 6.42. The number of hydrogen-bond acceptors (Lipinski definition) is 3. The summed E-state index contributed by atoms with van der Waals surface area (Å²) >= 11 is 11.7. The van der Waals surface area contributed by atoms with Gasteiger partial charge < -0.3 is 9.47 Å². The van der Waals surface area contributed by atoms with Crippen LogP contribution < -0.4 is 10.1 Å². The Morgan fingerprint density at radius 2 is 1.87 bits per heavy atom. The fourth-order valence-corrected chi connectivity index (χ4v) is 2.04. The summed E-state index contributed by atoms with van der Waals surface area (Å²) in [5.41, 5.74) is 1.68. The number of amides is 1. The monoisotopic (exact) mass is 351 g/mol. The van der Waals surface area contributed by atoms with Gasteiger partial charge in [-0.25, -0.2) is 4.79 Å². The average Bonchev–Trinajstić information content (AvgIpc) is 2.56. The van der Waals surface area contributed by atoms with E-state index in [-0.39, 0.29) is 6.61 Å². The number of halogens is 2. The molecule has 0 aliphatic rings. The predicted octanol–water partition coefficient (Wildman–Crippen LogP) is 4.90. The number of ether oxygens (including phenoxy) is 2. The minimum Gasteiger partial charge on any atom is -0.497 e. The summed E-state index contributed by atoms with van der Waals surface area (Å²) in [5, 5.41) is 3.45. The zero-order valence-electron chi connectivity index (χ0n) is 12.4. The first-order chi connectivity index (χ1) is 11.1. The van der Waals surface area contributed by atoms with Crippen LogP contribution in [-0.4, -0.2) is 13.2 Å². The van der Waals surface area contributed by atoms with E-state index in [1.807, 2.05) is 12.1 Å². The van der Waals surface area contributed by atoms with Crippen molar-refractivity contribution in [2.75, 3.05) is 7.11 Å². The molecule has 1 N–H and O–H groups in total. The van der Waals surface area contributed by atoms with Crippen molar-refractivity contribution in [2.24, 2.45) is 0 Å². The van der Waals surface area contributed by atoms with Crippen LogP contribution in [0.15, 0.2) is 48.7 Å². The standard InChI is InChI=1S/C17H15Cl2NO3/c1-22-14-5-2-13(3-6-14)11-23-17(21)20-9-8-12-4-7-15(18)16(19)10-12/h2-10H,11H2,1H3,(H,20,21). The lowest BCUT2D eigenvalue weighted by Gasteiger charge is -2.05. The molecule has 0 aromatic heterocycles. The first kappa shape index (κ1) is 17.2. The molecule has 1 amide bonds. The van der Waals surface area contributed by atoms with E-state index in [1.54, 1.807) is 43.5 Å².